The van der Waals surface area contributed by atoms with Gasteiger partial charge in [0.2, 0.25) is 0 Å². The molecule has 0 aliphatic carbocycles. The van der Waals surface area contributed by atoms with Gasteiger partial charge < -0.3 is 9.26 Å². The Balaban J connectivity index is 1.86. The molecule has 2 heterocycles. The van der Waals surface area contributed by atoms with Crippen molar-refractivity contribution in [1.82, 2.24) is 10.1 Å². The summed E-state index contributed by atoms with van der Waals surface area (Å²) in [6.07, 6.45) is 3.69. The molecule has 1 aromatic heterocycles. The zero-order chi connectivity index (χ0) is 14.7. The fourth-order valence-electron chi connectivity index (χ4n) is 2.80. The number of piperidine rings is 1. The summed E-state index contributed by atoms with van der Waals surface area (Å²) in [7, 11) is 1.64. The van der Waals surface area contributed by atoms with Crippen LogP contribution in [0.3, 0.4) is 0 Å². The molecule has 0 amide bonds. The van der Waals surface area contributed by atoms with Crippen LogP contribution in [0.15, 0.2) is 33.6 Å². The second-order valence-electron chi connectivity index (χ2n) is 5.41. The topological polar surface area (TPSA) is 58.5 Å². The van der Waals surface area contributed by atoms with E-state index < -0.39 is 0 Å². The van der Waals surface area contributed by atoms with Crippen LogP contribution in [-0.4, -0.2) is 30.3 Å². The summed E-state index contributed by atoms with van der Waals surface area (Å²) < 4.78 is 10.2. The molecule has 1 aliphatic rings. The van der Waals surface area contributed by atoms with Gasteiger partial charge in [-0.25, -0.2) is 9.95 Å². The van der Waals surface area contributed by atoms with Gasteiger partial charge in [-0.05, 0) is 50.2 Å². The monoisotopic (exact) mass is 288 g/mol. The summed E-state index contributed by atoms with van der Waals surface area (Å²) >= 11 is 0. The van der Waals surface area contributed by atoms with Gasteiger partial charge in [0.1, 0.15) is 5.75 Å². The smallest absolute Gasteiger partial charge is 0.362 e. The van der Waals surface area contributed by atoms with Crippen LogP contribution in [-0.2, 0) is 6.54 Å². The van der Waals surface area contributed by atoms with Crippen molar-refractivity contribution in [2.75, 3.05) is 20.2 Å². The standard InChI is InChI=1S/C16H20N2O3/c1-20-13-7-5-12(6-8-13)15-14(16(19)21-17-15)11-18-9-3-2-4-10-18/h5-8,17H,2-4,9-11H2,1H3. The van der Waals surface area contributed by atoms with E-state index in [0.717, 1.165) is 30.1 Å². The number of benzene rings is 1. The summed E-state index contributed by atoms with van der Waals surface area (Å²) in [5.74, 6) is 0.794. The molecule has 1 N–H and O–H groups in total. The summed E-state index contributed by atoms with van der Waals surface area (Å²) in [6.45, 7) is 2.74. The Morgan fingerprint density at radius 2 is 1.90 bits per heavy atom. The molecule has 0 radical (unpaired) electrons. The molecule has 3 rings (SSSR count). The van der Waals surface area contributed by atoms with E-state index in [1.165, 1.54) is 19.3 Å². The third-order valence-corrected chi connectivity index (χ3v) is 4.00. The summed E-state index contributed by atoms with van der Waals surface area (Å²) in [5.41, 5.74) is 2.15. The maximum Gasteiger partial charge on any atom is 0.362 e. The Kier molecular flexibility index (Phi) is 4.10. The van der Waals surface area contributed by atoms with Crippen LogP contribution < -0.4 is 10.4 Å². The number of methoxy groups -OCH3 is 1. The Morgan fingerprint density at radius 3 is 2.57 bits per heavy atom. The van der Waals surface area contributed by atoms with E-state index in [4.69, 9.17) is 9.26 Å². The third kappa shape index (κ3) is 3.03. The molecule has 5 nitrogen and oxygen atoms in total. The molecule has 21 heavy (non-hydrogen) atoms. The Bertz CT molecular complexity index is 636. The van der Waals surface area contributed by atoms with Crippen molar-refractivity contribution in [1.29, 1.82) is 0 Å². The molecule has 112 valence electrons. The Hall–Kier alpha value is -2.01. The number of ether oxygens (including phenoxy) is 1. The molecule has 0 atom stereocenters. The van der Waals surface area contributed by atoms with Gasteiger partial charge in [0.15, 0.2) is 0 Å². The molecule has 1 saturated heterocycles. The molecule has 1 fully saturated rings. The molecule has 1 aromatic carbocycles. The maximum atomic E-state index is 12.0. The summed E-state index contributed by atoms with van der Waals surface area (Å²) in [5, 5.41) is 2.76. The van der Waals surface area contributed by atoms with E-state index in [2.05, 4.69) is 10.1 Å². The van der Waals surface area contributed by atoms with E-state index in [-0.39, 0.29) is 5.63 Å². The van der Waals surface area contributed by atoms with Crippen molar-refractivity contribution < 1.29 is 9.26 Å². The van der Waals surface area contributed by atoms with Crippen LogP contribution in [0.25, 0.3) is 11.3 Å². The van der Waals surface area contributed by atoms with Crippen molar-refractivity contribution in [3.05, 3.63) is 40.2 Å². The molecule has 0 unspecified atom stereocenters. The molecule has 1 aliphatic heterocycles. The lowest BCUT2D eigenvalue weighted by molar-refractivity contribution is 0.219. The van der Waals surface area contributed by atoms with Crippen LogP contribution in [0.2, 0.25) is 0 Å². The summed E-state index contributed by atoms with van der Waals surface area (Å²) in [4.78, 5) is 14.3. The van der Waals surface area contributed by atoms with Gasteiger partial charge in [0, 0.05) is 12.1 Å². The van der Waals surface area contributed by atoms with E-state index in [9.17, 15) is 4.79 Å². The average Bonchev–Trinajstić information content (AvgIpc) is 2.90. The van der Waals surface area contributed by atoms with Gasteiger partial charge in [-0.3, -0.25) is 4.90 Å². The zero-order valence-corrected chi connectivity index (χ0v) is 12.2. The summed E-state index contributed by atoms with van der Waals surface area (Å²) in [6, 6.07) is 7.62. The van der Waals surface area contributed by atoms with Gasteiger partial charge in [0.25, 0.3) is 0 Å². The average molecular weight is 288 g/mol. The van der Waals surface area contributed by atoms with Crippen LogP contribution in [0.5, 0.6) is 5.75 Å². The molecule has 5 heteroatoms. The van der Waals surface area contributed by atoms with Crippen LogP contribution in [0.1, 0.15) is 24.8 Å². The Labute approximate surface area is 123 Å². The fourth-order valence-corrected chi connectivity index (χ4v) is 2.80. The van der Waals surface area contributed by atoms with E-state index in [1.807, 2.05) is 24.3 Å². The number of hydrogen-bond acceptors (Lipinski definition) is 4. The maximum absolute atomic E-state index is 12.0. The van der Waals surface area contributed by atoms with Crippen LogP contribution in [0, 0.1) is 0 Å². The molecule has 0 bridgehead atoms. The largest absolute Gasteiger partial charge is 0.497 e. The van der Waals surface area contributed by atoms with E-state index >= 15 is 0 Å². The normalized spacial score (nSPS) is 16.0. The molecule has 0 saturated carbocycles. The second-order valence-corrected chi connectivity index (χ2v) is 5.41. The molecule has 2 aromatic rings. The minimum atomic E-state index is -0.272. The number of aromatic amines is 1. The van der Waals surface area contributed by atoms with Crippen LogP contribution in [0.4, 0.5) is 0 Å². The number of nitrogens with one attached hydrogen (secondary N) is 1. The van der Waals surface area contributed by atoms with Gasteiger partial charge >= 0.3 is 5.63 Å². The van der Waals surface area contributed by atoms with Gasteiger partial charge in [-0.1, -0.05) is 6.42 Å². The number of likely N-dealkylation sites (tertiary alicyclic amines) is 1. The van der Waals surface area contributed by atoms with Gasteiger partial charge in [-0.2, -0.15) is 0 Å². The zero-order valence-electron chi connectivity index (χ0n) is 12.2. The Morgan fingerprint density at radius 1 is 1.19 bits per heavy atom. The first-order chi connectivity index (χ1) is 10.3. The number of nitrogens with zero attached hydrogens (tertiary/aromatic N) is 1. The highest BCUT2D eigenvalue weighted by Gasteiger charge is 2.18. The van der Waals surface area contributed by atoms with E-state index in [1.54, 1.807) is 7.11 Å². The van der Waals surface area contributed by atoms with Crippen molar-refractivity contribution in [2.45, 2.75) is 25.8 Å². The van der Waals surface area contributed by atoms with Crippen molar-refractivity contribution >= 4 is 0 Å². The lowest BCUT2D eigenvalue weighted by Gasteiger charge is -2.25. The second kappa shape index (κ2) is 6.18. The highest BCUT2D eigenvalue weighted by molar-refractivity contribution is 5.63. The van der Waals surface area contributed by atoms with Gasteiger partial charge in [-0.15, -0.1) is 0 Å². The third-order valence-electron chi connectivity index (χ3n) is 4.00. The first-order valence-corrected chi connectivity index (χ1v) is 7.35. The quantitative estimate of drug-likeness (QED) is 0.939. The van der Waals surface area contributed by atoms with E-state index in [0.29, 0.717) is 12.1 Å². The molecular formula is C16H20N2O3. The lowest BCUT2D eigenvalue weighted by atomic mass is 10.1. The highest BCUT2D eigenvalue weighted by Crippen LogP contribution is 2.24. The minimum Gasteiger partial charge on any atom is -0.497 e. The first kappa shape index (κ1) is 13.9. The number of rotatable bonds is 4. The first-order valence-electron chi connectivity index (χ1n) is 7.35. The SMILES string of the molecule is COc1ccc(-c2[nH]oc(=O)c2CN2CCCCC2)cc1. The fraction of sp³-hybridized carbons (Fsp3) is 0.438. The minimum absolute atomic E-state index is 0.272. The van der Waals surface area contributed by atoms with Crippen molar-refractivity contribution in [3.63, 3.8) is 0 Å². The number of aromatic nitrogens is 1. The van der Waals surface area contributed by atoms with Gasteiger partial charge in [0.05, 0.1) is 18.4 Å². The van der Waals surface area contributed by atoms with Crippen molar-refractivity contribution in [3.8, 4) is 17.0 Å². The number of hydrogen-bond donors (Lipinski definition) is 1. The predicted molar refractivity (Wildman–Crippen MR) is 80.4 cm³/mol. The lowest BCUT2D eigenvalue weighted by Crippen LogP contribution is -2.30. The van der Waals surface area contributed by atoms with Crippen molar-refractivity contribution in [2.24, 2.45) is 0 Å². The van der Waals surface area contributed by atoms with Crippen LogP contribution >= 0.6 is 0 Å². The number of H-pyrrole nitrogens is 1. The molecule has 0 spiro atoms. The highest BCUT2D eigenvalue weighted by atomic mass is 16.5. The molecular weight excluding hydrogens is 268 g/mol. The predicted octanol–water partition coefficient (Wildman–Crippen LogP) is 2.63.